The van der Waals surface area contributed by atoms with Gasteiger partial charge in [-0.25, -0.2) is 0 Å². The fourth-order valence-corrected chi connectivity index (χ4v) is 1.57. The van der Waals surface area contributed by atoms with Gasteiger partial charge in [0.25, 0.3) is 5.91 Å². The molecule has 0 aliphatic carbocycles. The lowest BCUT2D eigenvalue weighted by Gasteiger charge is -2.19. The highest BCUT2D eigenvalue weighted by atomic mass is 16.5. The Balaban J connectivity index is 2.79. The summed E-state index contributed by atoms with van der Waals surface area (Å²) in [4.78, 5) is 13.1. The number of ether oxygens (including phenoxy) is 2. The second kappa shape index (κ2) is 3.41. The van der Waals surface area contributed by atoms with Crippen molar-refractivity contribution in [1.29, 1.82) is 0 Å². The number of likely N-dealkylation sites (N-methyl/N-ethyl adjacent to an activating group) is 1. The van der Waals surface area contributed by atoms with Crippen LogP contribution in [-0.2, 0) is 14.3 Å². The molecule has 1 fully saturated rings. The molecule has 4 heteroatoms. The molecule has 0 spiro atoms. The predicted octanol–water partition coefficient (Wildman–Crippen LogP) is -0.123. The fourth-order valence-electron chi connectivity index (χ4n) is 1.57. The Kier molecular flexibility index (Phi) is 2.69. The zero-order valence-electron chi connectivity index (χ0n) is 7.90. The number of amides is 1. The van der Waals surface area contributed by atoms with E-state index in [-0.39, 0.29) is 18.1 Å². The van der Waals surface area contributed by atoms with Crippen molar-refractivity contribution in [2.45, 2.75) is 25.2 Å². The molecule has 70 valence electrons. The number of rotatable bonds is 2. The number of carbonyl (C=O) groups excluding carboxylic acids is 1. The summed E-state index contributed by atoms with van der Waals surface area (Å²) >= 11 is 0. The summed E-state index contributed by atoms with van der Waals surface area (Å²) in [5.41, 5.74) is 0. The highest BCUT2D eigenvalue weighted by molar-refractivity contribution is 5.84. The van der Waals surface area contributed by atoms with E-state index in [1.165, 1.54) is 7.11 Å². The SMILES string of the molecule is COC1C(=O)N(C)[C@@H](C)C1OC. The van der Waals surface area contributed by atoms with Crippen LogP contribution in [-0.4, -0.2) is 50.3 Å². The van der Waals surface area contributed by atoms with Crippen LogP contribution in [0.15, 0.2) is 0 Å². The molecule has 0 radical (unpaired) electrons. The largest absolute Gasteiger partial charge is 0.376 e. The quantitative estimate of drug-likeness (QED) is 0.584. The topological polar surface area (TPSA) is 38.8 Å². The minimum absolute atomic E-state index is 0.00292. The number of nitrogens with zero attached hydrogens (tertiary/aromatic N) is 1. The van der Waals surface area contributed by atoms with Gasteiger partial charge in [-0.05, 0) is 6.92 Å². The van der Waals surface area contributed by atoms with Crippen molar-refractivity contribution in [3.63, 3.8) is 0 Å². The summed E-state index contributed by atoms with van der Waals surface area (Å²) in [6, 6.07) is 0.0902. The van der Waals surface area contributed by atoms with Gasteiger partial charge in [0.05, 0.1) is 6.04 Å². The van der Waals surface area contributed by atoms with Gasteiger partial charge in [0.2, 0.25) is 0 Å². The molecule has 0 bridgehead atoms. The fraction of sp³-hybridized carbons (Fsp3) is 0.875. The van der Waals surface area contributed by atoms with Crippen LogP contribution in [0.4, 0.5) is 0 Å². The van der Waals surface area contributed by atoms with E-state index in [9.17, 15) is 4.79 Å². The van der Waals surface area contributed by atoms with Crippen molar-refractivity contribution >= 4 is 5.91 Å². The lowest BCUT2D eigenvalue weighted by atomic mass is 10.1. The molecular weight excluding hydrogens is 158 g/mol. The normalized spacial score (nSPS) is 36.2. The molecule has 0 aromatic carbocycles. The van der Waals surface area contributed by atoms with Crippen LogP contribution in [0.25, 0.3) is 0 Å². The van der Waals surface area contributed by atoms with E-state index in [0.717, 1.165) is 0 Å². The van der Waals surface area contributed by atoms with Crippen LogP contribution in [0, 0.1) is 0 Å². The summed E-state index contributed by atoms with van der Waals surface area (Å²) in [6.45, 7) is 1.95. The summed E-state index contributed by atoms with van der Waals surface area (Å²) < 4.78 is 10.2. The predicted molar refractivity (Wildman–Crippen MR) is 43.8 cm³/mol. The highest BCUT2D eigenvalue weighted by Crippen LogP contribution is 2.22. The minimum atomic E-state index is -0.435. The second-order valence-corrected chi connectivity index (χ2v) is 3.05. The zero-order valence-corrected chi connectivity index (χ0v) is 7.90. The molecule has 4 nitrogen and oxygen atoms in total. The molecule has 1 aliphatic heterocycles. The summed E-state index contributed by atoms with van der Waals surface area (Å²) in [6.07, 6.45) is -0.581. The van der Waals surface area contributed by atoms with Gasteiger partial charge in [-0.1, -0.05) is 0 Å². The number of methoxy groups -OCH3 is 2. The monoisotopic (exact) mass is 173 g/mol. The number of carbonyl (C=O) groups is 1. The molecule has 1 saturated heterocycles. The van der Waals surface area contributed by atoms with Gasteiger partial charge in [-0.2, -0.15) is 0 Å². The van der Waals surface area contributed by atoms with Gasteiger partial charge in [0.1, 0.15) is 6.10 Å². The molecule has 1 aliphatic rings. The molecule has 0 aromatic rings. The summed E-state index contributed by atoms with van der Waals surface area (Å²) in [5, 5.41) is 0. The Morgan fingerprint density at radius 3 is 2.25 bits per heavy atom. The third kappa shape index (κ3) is 1.21. The molecule has 0 saturated carbocycles. The van der Waals surface area contributed by atoms with Crippen molar-refractivity contribution in [3.8, 4) is 0 Å². The van der Waals surface area contributed by atoms with Crippen molar-refractivity contribution < 1.29 is 14.3 Å². The van der Waals surface area contributed by atoms with E-state index >= 15 is 0 Å². The van der Waals surface area contributed by atoms with Crippen molar-refractivity contribution in [2.75, 3.05) is 21.3 Å². The molecule has 1 rings (SSSR count). The van der Waals surface area contributed by atoms with Gasteiger partial charge >= 0.3 is 0 Å². The van der Waals surface area contributed by atoms with E-state index in [0.29, 0.717) is 0 Å². The van der Waals surface area contributed by atoms with E-state index in [1.54, 1.807) is 19.1 Å². The lowest BCUT2D eigenvalue weighted by molar-refractivity contribution is -0.137. The van der Waals surface area contributed by atoms with Crippen LogP contribution in [0.5, 0.6) is 0 Å². The van der Waals surface area contributed by atoms with Crippen LogP contribution >= 0.6 is 0 Å². The third-order valence-electron chi connectivity index (χ3n) is 2.50. The van der Waals surface area contributed by atoms with E-state index < -0.39 is 6.10 Å². The summed E-state index contributed by atoms with van der Waals surface area (Å²) in [7, 11) is 4.89. The second-order valence-electron chi connectivity index (χ2n) is 3.05. The van der Waals surface area contributed by atoms with Crippen LogP contribution in [0.2, 0.25) is 0 Å². The van der Waals surface area contributed by atoms with E-state index in [1.807, 2.05) is 6.92 Å². The smallest absolute Gasteiger partial charge is 0.254 e. The zero-order chi connectivity index (χ0) is 9.30. The Hall–Kier alpha value is -0.610. The van der Waals surface area contributed by atoms with Crippen molar-refractivity contribution in [3.05, 3.63) is 0 Å². The Morgan fingerprint density at radius 1 is 1.33 bits per heavy atom. The van der Waals surface area contributed by atoms with Gasteiger partial charge in [-0.3, -0.25) is 4.79 Å². The number of likely N-dealkylation sites (tertiary alicyclic amines) is 1. The van der Waals surface area contributed by atoms with E-state index in [4.69, 9.17) is 9.47 Å². The van der Waals surface area contributed by atoms with Gasteiger partial charge in [0.15, 0.2) is 6.10 Å². The molecule has 2 unspecified atom stereocenters. The van der Waals surface area contributed by atoms with Crippen molar-refractivity contribution in [2.24, 2.45) is 0 Å². The first-order chi connectivity index (χ1) is 5.63. The lowest BCUT2D eigenvalue weighted by Crippen LogP contribution is -2.33. The molecule has 3 atom stereocenters. The molecule has 1 amide bonds. The van der Waals surface area contributed by atoms with E-state index in [2.05, 4.69) is 0 Å². The molecule has 12 heavy (non-hydrogen) atoms. The Morgan fingerprint density at radius 2 is 1.92 bits per heavy atom. The average Bonchev–Trinajstić information content (AvgIpc) is 2.29. The van der Waals surface area contributed by atoms with Gasteiger partial charge in [0, 0.05) is 21.3 Å². The maximum atomic E-state index is 11.4. The Labute approximate surface area is 72.4 Å². The maximum absolute atomic E-state index is 11.4. The maximum Gasteiger partial charge on any atom is 0.254 e. The molecular formula is C8H15NO3. The first-order valence-electron chi connectivity index (χ1n) is 3.95. The minimum Gasteiger partial charge on any atom is -0.376 e. The highest BCUT2D eigenvalue weighted by Gasteiger charge is 2.44. The standard InChI is InChI=1S/C8H15NO3/c1-5-6(11-3)7(12-4)8(10)9(5)2/h5-7H,1-4H3/t5-,6?,7?/m0/s1. The Bertz CT molecular complexity index is 183. The van der Waals surface area contributed by atoms with Crippen LogP contribution in [0.3, 0.4) is 0 Å². The van der Waals surface area contributed by atoms with Crippen molar-refractivity contribution in [1.82, 2.24) is 4.90 Å². The third-order valence-corrected chi connectivity index (χ3v) is 2.50. The first-order valence-corrected chi connectivity index (χ1v) is 3.95. The van der Waals surface area contributed by atoms with Crippen LogP contribution in [0.1, 0.15) is 6.92 Å². The van der Waals surface area contributed by atoms with Crippen LogP contribution < -0.4 is 0 Å². The van der Waals surface area contributed by atoms with Gasteiger partial charge < -0.3 is 14.4 Å². The molecule has 0 N–H and O–H groups in total. The van der Waals surface area contributed by atoms with Gasteiger partial charge in [-0.15, -0.1) is 0 Å². The molecule has 0 aromatic heterocycles. The number of hydrogen-bond donors (Lipinski definition) is 0. The first kappa shape index (κ1) is 9.48. The number of hydrogen-bond acceptors (Lipinski definition) is 3. The molecule has 1 heterocycles. The summed E-state index contributed by atoms with van der Waals surface area (Å²) in [5.74, 6) is -0.00292. The average molecular weight is 173 g/mol.